The predicted molar refractivity (Wildman–Crippen MR) is 69.2 cm³/mol. The first-order chi connectivity index (χ1) is 8.75. The van der Waals surface area contributed by atoms with Gasteiger partial charge in [0.1, 0.15) is 6.10 Å². The molecule has 3 rings (SSSR count). The largest absolute Gasteiger partial charge is 0.458 e. The number of carbonyl (C=O) groups is 1. The maximum atomic E-state index is 11.6. The van der Waals surface area contributed by atoms with Crippen molar-refractivity contribution in [1.29, 1.82) is 0 Å². The third-order valence-electron chi connectivity index (χ3n) is 5.13. The monoisotopic (exact) mass is 264 g/mol. The molecule has 1 saturated heterocycles. The summed E-state index contributed by atoms with van der Waals surface area (Å²) in [6.07, 6.45) is 2.79. The molecule has 1 heterocycles. The Bertz CT molecular complexity index is 490. The van der Waals surface area contributed by atoms with Gasteiger partial charge in [0.15, 0.2) is 0 Å². The van der Waals surface area contributed by atoms with Crippen LogP contribution in [0.1, 0.15) is 33.1 Å². The van der Waals surface area contributed by atoms with E-state index in [4.69, 9.17) is 4.74 Å². The first-order valence-corrected chi connectivity index (χ1v) is 6.79. The highest BCUT2D eigenvalue weighted by atomic mass is 16.6. The van der Waals surface area contributed by atoms with E-state index in [1.54, 1.807) is 6.92 Å². The minimum Gasteiger partial charge on any atom is -0.458 e. The molecule has 5 atom stereocenters. The molecule has 0 aromatic heterocycles. The third kappa shape index (κ3) is 1.63. The lowest BCUT2D eigenvalue weighted by molar-refractivity contribution is -0.142. The Morgan fingerprint density at radius 3 is 2.84 bits per heavy atom. The van der Waals surface area contributed by atoms with Gasteiger partial charge in [0.05, 0.1) is 11.7 Å². The molecule has 2 aliphatic carbocycles. The Hall–Kier alpha value is -1.13. The highest BCUT2D eigenvalue weighted by Crippen LogP contribution is 2.54. The standard InChI is InChI=1S/C15H20O4/c1-8-9-6-11-14(2,7-10(9)19-13(8)17)12(16)4-5-15(11,3)18/h6,9-10,12,16,18H,1,4-5,7H2,2-3H3/t9-,10-,12-,14-,15+/m1/s1. The fourth-order valence-corrected chi connectivity index (χ4v) is 3.90. The van der Waals surface area contributed by atoms with Crippen molar-refractivity contribution in [2.75, 3.05) is 0 Å². The van der Waals surface area contributed by atoms with Crippen LogP contribution < -0.4 is 0 Å². The Morgan fingerprint density at radius 1 is 1.47 bits per heavy atom. The van der Waals surface area contributed by atoms with Crippen LogP contribution in [-0.2, 0) is 9.53 Å². The molecule has 0 unspecified atom stereocenters. The van der Waals surface area contributed by atoms with Crippen LogP contribution in [0.25, 0.3) is 0 Å². The first kappa shape index (κ1) is 12.9. The molecule has 2 fully saturated rings. The molecular weight excluding hydrogens is 244 g/mol. The molecule has 0 aromatic carbocycles. The molecular formula is C15H20O4. The van der Waals surface area contributed by atoms with Gasteiger partial charge >= 0.3 is 5.97 Å². The van der Waals surface area contributed by atoms with Gasteiger partial charge in [0.2, 0.25) is 0 Å². The summed E-state index contributed by atoms with van der Waals surface area (Å²) < 4.78 is 5.33. The number of aliphatic hydroxyl groups excluding tert-OH is 1. The van der Waals surface area contributed by atoms with E-state index in [2.05, 4.69) is 6.58 Å². The summed E-state index contributed by atoms with van der Waals surface area (Å²) in [7, 11) is 0. The average Bonchev–Trinajstić information content (AvgIpc) is 2.59. The van der Waals surface area contributed by atoms with Crippen molar-refractivity contribution in [2.24, 2.45) is 11.3 Å². The number of fused-ring (bicyclic) bond motifs is 2. The van der Waals surface area contributed by atoms with E-state index in [-0.39, 0.29) is 18.0 Å². The normalized spacial score (nSPS) is 49.3. The van der Waals surface area contributed by atoms with Gasteiger partial charge in [0.25, 0.3) is 0 Å². The lowest BCUT2D eigenvalue weighted by Gasteiger charge is -2.51. The van der Waals surface area contributed by atoms with E-state index >= 15 is 0 Å². The van der Waals surface area contributed by atoms with Crippen LogP contribution in [0.3, 0.4) is 0 Å². The smallest absolute Gasteiger partial charge is 0.334 e. The van der Waals surface area contributed by atoms with E-state index in [0.717, 1.165) is 5.57 Å². The molecule has 19 heavy (non-hydrogen) atoms. The molecule has 0 aromatic rings. The van der Waals surface area contributed by atoms with Crippen molar-refractivity contribution in [2.45, 2.75) is 50.9 Å². The highest BCUT2D eigenvalue weighted by Gasteiger charge is 2.55. The van der Waals surface area contributed by atoms with Crippen LogP contribution in [0.5, 0.6) is 0 Å². The molecule has 3 aliphatic rings. The SMILES string of the molecule is C=C1C(=O)O[C@@H]2C[C@]3(C)C(=C[C@H]12)[C@@](C)(O)CC[C@H]3O. The summed E-state index contributed by atoms with van der Waals surface area (Å²) in [6, 6.07) is 0. The predicted octanol–water partition coefficient (Wildman–Crippen LogP) is 1.33. The van der Waals surface area contributed by atoms with E-state index in [1.807, 2.05) is 13.0 Å². The van der Waals surface area contributed by atoms with Crippen LogP contribution in [0.4, 0.5) is 0 Å². The Balaban J connectivity index is 2.09. The molecule has 0 radical (unpaired) electrons. The fraction of sp³-hybridized carbons (Fsp3) is 0.667. The molecule has 4 heteroatoms. The number of rotatable bonds is 0. The summed E-state index contributed by atoms with van der Waals surface area (Å²) in [5.41, 5.74) is -0.159. The van der Waals surface area contributed by atoms with E-state index in [9.17, 15) is 15.0 Å². The van der Waals surface area contributed by atoms with Crippen molar-refractivity contribution < 1.29 is 19.7 Å². The maximum absolute atomic E-state index is 11.6. The number of carbonyl (C=O) groups excluding carboxylic acids is 1. The summed E-state index contributed by atoms with van der Waals surface area (Å²) in [5, 5.41) is 20.9. The first-order valence-electron chi connectivity index (χ1n) is 6.79. The molecule has 0 amide bonds. The average molecular weight is 264 g/mol. The van der Waals surface area contributed by atoms with Gasteiger partial charge in [0, 0.05) is 16.9 Å². The fourth-order valence-electron chi connectivity index (χ4n) is 3.90. The van der Waals surface area contributed by atoms with Crippen molar-refractivity contribution >= 4 is 5.97 Å². The van der Waals surface area contributed by atoms with Gasteiger partial charge < -0.3 is 14.9 Å². The molecule has 1 saturated carbocycles. The summed E-state index contributed by atoms with van der Waals surface area (Å²) in [6.45, 7) is 7.51. The summed E-state index contributed by atoms with van der Waals surface area (Å²) in [5.74, 6) is -0.518. The molecule has 2 N–H and O–H groups in total. The van der Waals surface area contributed by atoms with E-state index in [0.29, 0.717) is 24.8 Å². The number of aliphatic hydroxyl groups is 2. The molecule has 1 aliphatic heterocycles. The molecule has 4 nitrogen and oxygen atoms in total. The zero-order valence-corrected chi connectivity index (χ0v) is 11.3. The van der Waals surface area contributed by atoms with E-state index < -0.39 is 17.1 Å². The van der Waals surface area contributed by atoms with Crippen molar-refractivity contribution in [3.8, 4) is 0 Å². The Labute approximate surface area is 112 Å². The van der Waals surface area contributed by atoms with Gasteiger partial charge in [-0.05, 0) is 31.8 Å². The second-order valence-electron chi connectivity index (χ2n) is 6.53. The third-order valence-corrected chi connectivity index (χ3v) is 5.13. The molecule has 0 spiro atoms. The molecule has 104 valence electrons. The van der Waals surface area contributed by atoms with Gasteiger partial charge in [-0.3, -0.25) is 0 Å². The van der Waals surface area contributed by atoms with Crippen LogP contribution in [-0.4, -0.2) is 34.0 Å². The summed E-state index contributed by atoms with van der Waals surface area (Å²) >= 11 is 0. The van der Waals surface area contributed by atoms with Crippen LogP contribution in [0.15, 0.2) is 23.8 Å². The number of ether oxygens (including phenoxy) is 1. The lowest BCUT2D eigenvalue weighted by Crippen LogP contribution is -2.52. The van der Waals surface area contributed by atoms with Crippen LogP contribution in [0, 0.1) is 11.3 Å². The zero-order chi connectivity index (χ0) is 14.0. The lowest BCUT2D eigenvalue weighted by atomic mass is 9.57. The van der Waals surface area contributed by atoms with E-state index in [1.165, 1.54) is 0 Å². The number of hydrogen-bond acceptors (Lipinski definition) is 4. The zero-order valence-electron chi connectivity index (χ0n) is 11.3. The molecule has 0 bridgehead atoms. The van der Waals surface area contributed by atoms with Gasteiger partial charge in [-0.25, -0.2) is 4.79 Å². The van der Waals surface area contributed by atoms with Crippen LogP contribution in [0.2, 0.25) is 0 Å². The maximum Gasteiger partial charge on any atom is 0.334 e. The van der Waals surface area contributed by atoms with Crippen molar-refractivity contribution in [1.82, 2.24) is 0 Å². The highest BCUT2D eigenvalue weighted by molar-refractivity contribution is 5.91. The van der Waals surface area contributed by atoms with Gasteiger partial charge in [-0.1, -0.05) is 19.6 Å². The van der Waals surface area contributed by atoms with Gasteiger partial charge in [-0.2, -0.15) is 0 Å². The van der Waals surface area contributed by atoms with Gasteiger partial charge in [-0.15, -0.1) is 0 Å². The second kappa shape index (κ2) is 3.70. The second-order valence-corrected chi connectivity index (χ2v) is 6.53. The van der Waals surface area contributed by atoms with Crippen LogP contribution >= 0.6 is 0 Å². The minimum absolute atomic E-state index is 0.160. The topological polar surface area (TPSA) is 66.8 Å². The summed E-state index contributed by atoms with van der Waals surface area (Å²) in [4.78, 5) is 11.6. The Morgan fingerprint density at radius 2 is 2.16 bits per heavy atom. The Kier molecular flexibility index (Phi) is 2.51. The number of esters is 1. The minimum atomic E-state index is -0.926. The number of hydrogen-bond donors (Lipinski definition) is 2. The quantitative estimate of drug-likeness (QED) is 0.393. The van der Waals surface area contributed by atoms with Crippen molar-refractivity contribution in [3.63, 3.8) is 0 Å². The van der Waals surface area contributed by atoms with Crippen molar-refractivity contribution in [3.05, 3.63) is 23.8 Å².